The lowest BCUT2D eigenvalue weighted by atomic mass is 10.2. The molecule has 0 saturated carbocycles. The van der Waals surface area contributed by atoms with Crippen LogP contribution in [0.15, 0.2) is 84.0 Å². The summed E-state index contributed by atoms with van der Waals surface area (Å²) in [6.07, 6.45) is 0. The highest BCUT2D eigenvalue weighted by atomic mass is 32.2. The van der Waals surface area contributed by atoms with Gasteiger partial charge in [0.1, 0.15) is 0 Å². The average Bonchev–Trinajstić information content (AvgIpc) is 3.20. The Morgan fingerprint density at radius 1 is 0.903 bits per heavy atom. The van der Waals surface area contributed by atoms with Crippen molar-refractivity contribution < 1.29 is 4.79 Å². The highest BCUT2D eigenvalue weighted by Crippen LogP contribution is 2.25. The van der Waals surface area contributed by atoms with Crippen LogP contribution in [0.1, 0.15) is 27.3 Å². The van der Waals surface area contributed by atoms with E-state index in [1.165, 1.54) is 17.3 Å². The lowest BCUT2D eigenvalue weighted by Gasteiger charge is -2.13. The fourth-order valence-electron chi connectivity index (χ4n) is 3.25. The van der Waals surface area contributed by atoms with Gasteiger partial charge >= 0.3 is 0 Å². The zero-order chi connectivity index (χ0) is 21.6. The zero-order valence-electron chi connectivity index (χ0n) is 17.6. The molecule has 6 heteroatoms. The van der Waals surface area contributed by atoms with Gasteiger partial charge < -0.3 is 5.32 Å². The van der Waals surface area contributed by atoms with Crippen LogP contribution in [0.2, 0.25) is 0 Å². The van der Waals surface area contributed by atoms with Crippen LogP contribution in [0.3, 0.4) is 0 Å². The average molecular weight is 429 g/mol. The van der Waals surface area contributed by atoms with Crippen LogP contribution in [0, 0.1) is 13.8 Å². The number of nitrogens with zero attached hydrogens (tertiary/aromatic N) is 3. The lowest BCUT2D eigenvalue weighted by Crippen LogP contribution is -2.10. The normalized spacial score (nSPS) is 10.8. The van der Waals surface area contributed by atoms with E-state index in [4.69, 9.17) is 0 Å². The van der Waals surface area contributed by atoms with Gasteiger partial charge in [-0.15, -0.1) is 10.2 Å². The summed E-state index contributed by atoms with van der Waals surface area (Å²) < 4.78 is 2.04. The van der Waals surface area contributed by atoms with Gasteiger partial charge in [-0.25, -0.2) is 0 Å². The van der Waals surface area contributed by atoms with E-state index in [1.807, 2.05) is 47.0 Å². The van der Waals surface area contributed by atoms with Gasteiger partial charge in [0.2, 0.25) is 0 Å². The Morgan fingerprint density at radius 3 is 2.35 bits per heavy atom. The Morgan fingerprint density at radius 2 is 1.61 bits per heavy atom. The molecule has 0 spiro atoms. The summed E-state index contributed by atoms with van der Waals surface area (Å²) in [7, 11) is 0. The molecule has 0 unspecified atom stereocenters. The van der Waals surface area contributed by atoms with Crippen LogP contribution in [0.4, 0.5) is 5.69 Å². The van der Waals surface area contributed by atoms with Crippen molar-refractivity contribution in [3.05, 3.63) is 101 Å². The van der Waals surface area contributed by atoms with Crippen molar-refractivity contribution in [2.45, 2.75) is 25.5 Å². The van der Waals surface area contributed by atoms with Gasteiger partial charge in [0, 0.05) is 11.3 Å². The number of aromatic nitrogens is 3. The highest BCUT2D eigenvalue weighted by molar-refractivity contribution is 7.99. The Hall–Kier alpha value is -3.38. The molecule has 156 valence electrons. The van der Waals surface area contributed by atoms with Crippen molar-refractivity contribution >= 4 is 23.2 Å². The molecule has 0 fully saturated rings. The molecule has 0 atom stereocenters. The molecule has 0 radical (unpaired) electrons. The smallest absolute Gasteiger partial charge is 0.196 e. The molecule has 0 saturated heterocycles. The number of aryl methyl sites for hydroxylation is 2. The fourth-order valence-corrected chi connectivity index (χ4v) is 4.11. The number of anilines is 1. The topological polar surface area (TPSA) is 59.8 Å². The summed E-state index contributed by atoms with van der Waals surface area (Å²) in [5, 5.41) is 13.0. The van der Waals surface area contributed by atoms with Gasteiger partial charge in [0.05, 0.1) is 18.0 Å². The summed E-state index contributed by atoms with van der Waals surface area (Å²) in [6, 6.07) is 25.7. The second-order valence-corrected chi connectivity index (χ2v) is 8.26. The predicted octanol–water partition coefficient (Wildman–Crippen LogP) is 5.47. The van der Waals surface area contributed by atoms with Gasteiger partial charge in [0.15, 0.2) is 16.8 Å². The number of rotatable bonds is 8. The minimum Gasteiger partial charge on any atom is -0.378 e. The molecule has 3 aromatic carbocycles. The Labute approximate surface area is 186 Å². The number of carbonyl (C=O) groups is 1. The first-order valence-electron chi connectivity index (χ1n) is 10.1. The summed E-state index contributed by atoms with van der Waals surface area (Å²) >= 11 is 1.41. The van der Waals surface area contributed by atoms with Gasteiger partial charge in [-0.3, -0.25) is 9.36 Å². The number of para-hydroxylation sites is 1. The number of hydrogen-bond acceptors (Lipinski definition) is 5. The van der Waals surface area contributed by atoms with E-state index >= 15 is 0 Å². The second-order valence-electron chi connectivity index (χ2n) is 7.32. The molecule has 1 N–H and O–H groups in total. The maximum absolute atomic E-state index is 12.6. The van der Waals surface area contributed by atoms with E-state index in [9.17, 15) is 4.79 Å². The lowest BCUT2D eigenvalue weighted by molar-refractivity contribution is 0.102. The first-order chi connectivity index (χ1) is 15.1. The quantitative estimate of drug-likeness (QED) is 0.298. The predicted molar refractivity (Wildman–Crippen MR) is 126 cm³/mol. The highest BCUT2D eigenvalue weighted by Gasteiger charge is 2.17. The number of thioether (sulfide) groups is 1. The van der Waals surface area contributed by atoms with E-state index in [1.54, 1.807) is 0 Å². The van der Waals surface area contributed by atoms with E-state index in [2.05, 4.69) is 65.8 Å². The molecule has 4 rings (SSSR count). The minimum absolute atomic E-state index is 0.0734. The number of benzene rings is 3. The minimum atomic E-state index is 0.0734. The van der Waals surface area contributed by atoms with Crippen molar-refractivity contribution in [3.8, 4) is 5.69 Å². The Kier molecular flexibility index (Phi) is 6.48. The van der Waals surface area contributed by atoms with Crippen molar-refractivity contribution in [1.29, 1.82) is 0 Å². The van der Waals surface area contributed by atoms with Crippen molar-refractivity contribution in [3.63, 3.8) is 0 Å². The van der Waals surface area contributed by atoms with E-state index in [-0.39, 0.29) is 5.78 Å². The number of nitrogens with one attached hydrogen (secondary N) is 1. The third-order valence-electron chi connectivity index (χ3n) is 4.99. The van der Waals surface area contributed by atoms with Crippen LogP contribution in [0.5, 0.6) is 0 Å². The summed E-state index contributed by atoms with van der Waals surface area (Å²) in [4.78, 5) is 12.6. The first kappa shape index (κ1) is 20.9. The first-order valence-corrected chi connectivity index (χ1v) is 11.1. The molecule has 0 amide bonds. The van der Waals surface area contributed by atoms with Crippen molar-refractivity contribution in [2.24, 2.45) is 0 Å². The molecule has 1 heterocycles. The van der Waals surface area contributed by atoms with Crippen molar-refractivity contribution in [1.82, 2.24) is 14.8 Å². The van der Waals surface area contributed by atoms with Crippen molar-refractivity contribution in [2.75, 3.05) is 11.1 Å². The molecule has 0 aliphatic carbocycles. The number of Topliss-reactive ketones (excluding diaryl/α,β-unsaturated/α-hetero) is 1. The molecule has 0 aliphatic rings. The van der Waals surface area contributed by atoms with Crippen LogP contribution in [-0.2, 0) is 6.54 Å². The van der Waals surface area contributed by atoms with E-state index in [0.29, 0.717) is 23.0 Å². The Balaban J connectivity index is 1.58. The van der Waals surface area contributed by atoms with Crippen LogP contribution < -0.4 is 5.32 Å². The maximum Gasteiger partial charge on any atom is 0.196 e. The zero-order valence-corrected chi connectivity index (χ0v) is 18.4. The standard InChI is InChI=1S/C25H24N4OS/c1-18-12-14-21(15-13-18)26-16-24-27-28-25(29(24)22-11-7-6-8-19(22)2)31-17-23(30)20-9-4-3-5-10-20/h3-15,26H,16-17H2,1-2H3. The fraction of sp³-hybridized carbons (Fsp3) is 0.160. The van der Waals surface area contributed by atoms with Gasteiger partial charge in [-0.05, 0) is 37.6 Å². The van der Waals surface area contributed by atoms with E-state index in [0.717, 1.165) is 22.8 Å². The number of carbonyl (C=O) groups excluding carboxylic acids is 1. The van der Waals surface area contributed by atoms with Gasteiger partial charge in [0.25, 0.3) is 0 Å². The SMILES string of the molecule is Cc1ccc(NCc2nnc(SCC(=O)c3ccccc3)n2-c2ccccc2C)cc1. The summed E-state index contributed by atoms with van der Waals surface area (Å²) in [6.45, 7) is 4.66. The maximum atomic E-state index is 12.6. The molecule has 4 aromatic rings. The molecule has 1 aromatic heterocycles. The number of hydrogen-bond donors (Lipinski definition) is 1. The second kappa shape index (κ2) is 9.62. The molecule has 31 heavy (non-hydrogen) atoms. The van der Waals surface area contributed by atoms with Gasteiger partial charge in [-0.2, -0.15) is 0 Å². The van der Waals surface area contributed by atoms with Crippen LogP contribution in [-0.4, -0.2) is 26.3 Å². The van der Waals surface area contributed by atoms with Crippen LogP contribution >= 0.6 is 11.8 Å². The molecular weight excluding hydrogens is 404 g/mol. The van der Waals surface area contributed by atoms with Crippen LogP contribution in [0.25, 0.3) is 5.69 Å². The summed E-state index contributed by atoms with van der Waals surface area (Å²) in [5.41, 5.74) is 5.09. The third kappa shape index (κ3) is 5.03. The number of ketones is 1. The van der Waals surface area contributed by atoms with Gasteiger partial charge in [-0.1, -0.05) is 78.0 Å². The molecule has 5 nitrogen and oxygen atoms in total. The molecule has 0 aliphatic heterocycles. The van der Waals surface area contributed by atoms with E-state index < -0.39 is 0 Å². The monoisotopic (exact) mass is 428 g/mol. The summed E-state index contributed by atoms with van der Waals surface area (Å²) in [5.74, 6) is 1.17. The third-order valence-corrected chi connectivity index (χ3v) is 5.92. The Bertz CT molecular complexity index is 1170. The largest absolute Gasteiger partial charge is 0.378 e. The molecular formula is C25H24N4OS. The molecule has 0 bridgehead atoms.